The van der Waals surface area contributed by atoms with Gasteiger partial charge in [-0.1, -0.05) is 6.07 Å². The smallest absolute Gasteiger partial charge is 0.186 e. The van der Waals surface area contributed by atoms with Crippen LogP contribution in [0.1, 0.15) is 16.1 Å². The molecule has 1 aromatic heterocycles. The van der Waals surface area contributed by atoms with Crippen molar-refractivity contribution in [3.05, 3.63) is 51.8 Å². The second-order valence-electron chi connectivity index (χ2n) is 4.39. The van der Waals surface area contributed by atoms with E-state index in [1.54, 1.807) is 7.11 Å². The maximum absolute atomic E-state index is 13.6. The Labute approximate surface area is 128 Å². The lowest BCUT2D eigenvalue weighted by molar-refractivity contribution is 0.0977. The first kappa shape index (κ1) is 15.8. The van der Waals surface area contributed by atoms with Gasteiger partial charge in [-0.3, -0.25) is 9.48 Å². The zero-order valence-corrected chi connectivity index (χ0v) is 12.9. The van der Waals surface area contributed by atoms with Gasteiger partial charge in [0.05, 0.1) is 23.8 Å². The van der Waals surface area contributed by atoms with Gasteiger partial charge in [-0.15, -0.1) is 0 Å². The third kappa shape index (κ3) is 3.74. The highest BCUT2D eigenvalue weighted by atomic mass is 79.9. The first-order chi connectivity index (χ1) is 10.0. The molecule has 0 saturated carbocycles. The Balaban J connectivity index is 2.22. The highest BCUT2D eigenvalue weighted by Crippen LogP contribution is 2.19. The van der Waals surface area contributed by atoms with Crippen LogP contribution >= 0.6 is 15.9 Å². The van der Waals surface area contributed by atoms with Crippen molar-refractivity contribution in [2.24, 2.45) is 0 Å². The van der Waals surface area contributed by atoms with E-state index in [1.165, 1.54) is 16.9 Å². The van der Waals surface area contributed by atoms with E-state index in [-0.39, 0.29) is 17.8 Å². The lowest BCUT2D eigenvalue weighted by Gasteiger charge is -2.07. The van der Waals surface area contributed by atoms with Gasteiger partial charge in [0, 0.05) is 19.6 Å². The van der Waals surface area contributed by atoms with E-state index >= 15 is 0 Å². The van der Waals surface area contributed by atoms with Crippen LogP contribution < -0.4 is 0 Å². The SMILES string of the molecule is COCCn1ncc(Br)c1C(=O)Cc1ccc(F)cc1F. The summed E-state index contributed by atoms with van der Waals surface area (Å²) in [6.45, 7) is 0.814. The molecule has 4 nitrogen and oxygen atoms in total. The summed E-state index contributed by atoms with van der Waals surface area (Å²) in [4.78, 5) is 12.3. The molecule has 2 aromatic rings. The van der Waals surface area contributed by atoms with Crippen LogP contribution in [0.2, 0.25) is 0 Å². The molecule has 0 aliphatic rings. The fourth-order valence-electron chi connectivity index (χ4n) is 1.91. The summed E-state index contributed by atoms with van der Waals surface area (Å²) in [5, 5.41) is 4.07. The standard InChI is InChI=1S/C14H13BrF2N2O2/c1-21-5-4-19-14(11(15)8-18-19)13(20)6-9-2-3-10(16)7-12(9)17/h2-3,7-8H,4-6H2,1H3. The molecule has 0 atom stereocenters. The molecule has 0 bridgehead atoms. The largest absolute Gasteiger partial charge is 0.383 e. The summed E-state index contributed by atoms with van der Waals surface area (Å²) in [6.07, 6.45) is 1.34. The molecule has 0 radical (unpaired) electrons. The first-order valence-corrected chi connectivity index (χ1v) is 6.99. The first-order valence-electron chi connectivity index (χ1n) is 6.20. The zero-order valence-electron chi connectivity index (χ0n) is 11.3. The Morgan fingerprint density at radius 1 is 1.43 bits per heavy atom. The topological polar surface area (TPSA) is 44.1 Å². The molecule has 0 aliphatic carbocycles. The molecule has 7 heteroatoms. The summed E-state index contributed by atoms with van der Waals surface area (Å²) in [7, 11) is 1.55. The third-order valence-corrected chi connectivity index (χ3v) is 3.51. The molecule has 0 aliphatic heterocycles. The van der Waals surface area contributed by atoms with Crippen molar-refractivity contribution in [1.82, 2.24) is 9.78 Å². The summed E-state index contributed by atoms with van der Waals surface area (Å²) in [5.74, 6) is -1.71. The molecule has 0 fully saturated rings. The fourth-order valence-corrected chi connectivity index (χ4v) is 2.43. The predicted molar refractivity (Wildman–Crippen MR) is 76.2 cm³/mol. The van der Waals surface area contributed by atoms with E-state index in [2.05, 4.69) is 21.0 Å². The van der Waals surface area contributed by atoms with E-state index in [1.807, 2.05) is 0 Å². The molecule has 1 heterocycles. The number of ether oxygens (including phenoxy) is 1. The third-order valence-electron chi connectivity index (χ3n) is 2.93. The van der Waals surface area contributed by atoms with Crippen LogP contribution in [0.15, 0.2) is 28.9 Å². The Kier molecular flexibility index (Phi) is 5.19. The molecule has 21 heavy (non-hydrogen) atoms. The van der Waals surface area contributed by atoms with E-state index in [4.69, 9.17) is 4.74 Å². The summed E-state index contributed by atoms with van der Waals surface area (Å²) >= 11 is 3.25. The number of ketones is 1. The molecular formula is C14H13BrF2N2O2. The Hall–Kier alpha value is -1.60. The van der Waals surface area contributed by atoms with Gasteiger partial charge in [-0.05, 0) is 27.6 Å². The van der Waals surface area contributed by atoms with Crippen LogP contribution in [-0.2, 0) is 17.7 Å². The number of Topliss-reactive ketones (excluding diaryl/α,β-unsaturated/α-hetero) is 1. The second-order valence-corrected chi connectivity index (χ2v) is 5.25. The van der Waals surface area contributed by atoms with Crippen LogP contribution in [0.4, 0.5) is 8.78 Å². The van der Waals surface area contributed by atoms with Crippen LogP contribution in [0, 0.1) is 11.6 Å². The number of hydrogen-bond acceptors (Lipinski definition) is 3. The van der Waals surface area contributed by atoms with Crippen LogP contribution in [0.25, 0.3) is 0 Å². The number of methoxy groups -OCH3 is 1. The number of carbonyl (C=O) groups excluding carboxylic acids is 1. The molecule has 0 amide bonds. The van der Waals surface area contributed by atoms with Gasteiger partial charge in [-0.25, -0.2) is 8.78 Å². The van der Waals surface area contributed by atoms with E-state index in [9.17, 15) is 13.6 Å². The second kappa shape index (κ2) is 6.91. The van der Waals surface area contributed by atoms with Crippen molar-refractivity contribution in [3.63, 3.8) is 0 Å². The normalized spacial score (nSPS) is 10.9. The fraction of sp³-hybridized carbons (Fsp3) is 0.286. The molecule has 0 spiro atoms. The summed E-state index contributed by atoms with van der Waals surface area (Å²) < 4.78 is 33.5. The molecule has 0 N–H and O–H groups in total. The van der Waals surface area contributed by atoms with Gasteiger partial charge in [-0.2, -0.15) is 5.10 Å². The van der Waals surface area contributed by atoms with Crippen LogP contribution in [-0.4, -0.2) is 29.3 Å². The van der Waals surface area contributed by atoms with Gasteiger partial charge in [0.1, 0.15) is 17.3 Å². The van der Waals surface area contributed by atoms with Crippen molar-refractivity contribution in [2.45, 2.75) is 13.0 Å². The minimum Gasteiger partial charge on any atom is -0.383 e. The molecule has 1 aromatic carbocycles. The average Bonchev–Trinajstić information content (AvgIpc) is 2.80. The number of carbonyl (C=O) groups is 1. The van der Waals surface area contributed by atoms with Gasteiger partial charge >= 0.3 is 0 Å². The average molecular weight is 359 g/mol. The molecule has 2 rings (SSSR count). The zero-order chi connectivity index (χ0) is 15.4. The predicted octanol–water partition coefficient (Wildman–Crippen LogP) is 3.00. The van der Waals surface area contributed by atoms with Crippen LogP contribution in [0.5, 0.6) is 0 Å². The minimum absolute atomic E-state index is 0.146. The summed E-state index contributed by atoms with van der Waals surface area (Å²) in [6, 6.07) is 3.16. The quantitative estimate of drug-likeness (QED) is 0.745. The van der Waals surface area contributed by atoms with E-state index in [0.717, 1.165) is 12.1 Å². The van der Waals surface area contributed by atoms with E-state index < -0.39 is 11.6 Å². The number of halogens is 3. The number of nitrogens with zero attached hydrogens (tertiary/aromatic N) is 2. The van der Waals surface area contributed by atoms with Crippen molar-refractivity contribution in [3.8, 4) is 0 Å². The molecular weight excluding hydrogens is 346 g/mol. The van der Waals surface area contributed by atoms with Gasteiger partial charge in [0.25, 0.3) is 0 Å². The van der Waals surface area contributed by atoms with E-state index in [0.29, 0.717) is 23.3 Å². The minimum atomic E-state index is -0.734. The number of aromatic nitrogens is 2. The van der Waals surface area contributed by atoms with Gasteiger partial charge < -0.3 is 4.74 Å². The molecule has 0 unspecified atom stereocenters. The summed E-state index contributed by atoms with van der Waals surface area (Å²) in [5.41, 5.74) is 0.489. The number of benzene rings is 1. The highest BCUT2D eigenvalue weighted by molar-refractivity contribution is 9.10. The van der Waals surface area contributed by atoms with Crippen molar-refractivity contribution >= 4 is 21.7 Å². The van der Waals surface area contributed by atoms with Crippen LogP contribution in [0.3, 0.4) is 0 Å². The molecule has 0 saturated heterocycles. The highest BCUT2D eigenvalue weighted by Gasteiger charge is 2.19. The van der Waals surface area contributed by atoms with Gasteiger partial charge in [0.15, 0.2) is 5.78 Å². The Morgan fingerprint density at radius 2 is 2.19 bits per heavy atom. The monoisotopic (exact) mass is 358 g/mol. The maximum atomic E-state index is 13.6. The molecule has 112 valence electrons. The van der Waals surface area contributed by atoms with Crippen molar-refractivity contribution in [2.75, 3.05) is 13.7 Å². The number of hydrogen-bond donors (Lipinski definition) is 0. The lowest BCUT2D eigenvalue weighted by Crippen LogP contribution is -2.16. The van der Waals surface area contributed by atoms with Crippen molar-refractivity contribution in [1.29, 1.82) is 0 Å². The van der Waals surface area contributed by atoms with Crippen molar-refractivity contribution < 1.29 is 18.3 Å². The maximum Gasteiger partial charge on any atom is 0.186 e. The lowest BCUT2D eigenvalue weighted by atomic mass is 10.1. The Morgan fingerprint density at radius 3 is 2.86 bits per heavy atom. The van der Waals surface area contributed by atoms with Gasteiger partial charge in [0.2, 0.25) is 0 Å². The Bertz CT molecular complexity index is 658. The number of rotatable bonds is 6.